The van der Waals surface area contributed by atoms with E-state index in [1.54, 1.807) is 11.3 Å². The lowest BCUT2D eigenvalue weighted by molar-refractivity contribution is 0.118. The number of hydrogen-bond donors (Lipinski definition) is 1. The minimum absolute atomic E-state index is 0.287. The topological polar surface area (TPSA) is 47.0 Å². The molecule has 0 amide bonds. The van der Waals surface area contributed by atoms with Gasteiger partial charge in [-0.3, -0.25) is 0 Å². The van der Waals surface area contributed by atoms with Gasteiger partial charge in [0, 0.05) is 12.5 Å². The summed E-state index contributed by atoms with van der Waals surface area (Å²) in [6.07, 6.45) is 2.42. The van der Waals surface area contributed by atoms with Gasteiger partial charge in [-0.2, -0.15) is 0 Å². The molecule has 0 saturated carbocycles. The van der Waals surface area contributed by atoms with Crippen LogP contribution in [0.1, 0.15) is 55.6 Å². The van der Waals surface area contributed by atoms with E-state index in [1.807, 2.05) is 0 Å². The van der Waals surface area contributed by atoms with Crippen molar-refractivity contribution in [2.24, 2.45) is 0 Å². The van der Waals surface area contributed by atoms with E-state index in [-0.39, 0.29) is 6.10 Å². The van der Waals surface area contributed by atoms with Crippen LogP contribution in [0.5, 0.6) is 0 Å². The highest BCUT2D eigenvalue weighted by atomic mass is 32.1. The molecular formula is C12H21N3OS. The molecule has 0 aliphatic carbocycles. The van der Waals surface area contributed by atoms with E-state index >= 15 is 0 Å². The second-order valence-electron chi connectivity index (χ2n) is 4.47. The highest BCUT2D eigenvalue weighted by molar-refractivity contribution is 7.11. The van der Waals surface area contributed by atoms with Crippen molar-refractivity contribution in [3.05, 3.63) is 10.0 Å². The Bertz CT molecular complexity index is 355. The van der Waals surface area contributed by atoms with E-state index in [0.717, 1.165) is 36.0 Å². The minimum atomic E-state index is 0.287. The zero-order valence-electron chi connectivity index (χ0n) is 10.8. The van der Waals surface area contributed by atoms with E-state index in [0.29, 0.717) is 12.0 Å². The van der Waals surface area contributed by atoms with Crippen LogP contribution < -0.4 is 5.32 Å². The van der Waals surface area contributed by atoms with Crippen molar-refractivity contribution in [3.63, 3.8) is 0 Å². The maximum atomic E-state index is 5.59. The molecule has 1 saturated heterocycles. The van der Waals surface area contributed by atoms with E-state index < -0.39 is 0 Å². The smallest absolute Gasteiger partial charge is 0.134 e. The van der Waals surface area contributed by atoms with Gasteiger partial charge in [0.2, 0.25) is 0 Å². The number of aromatic nitrogens is 2. The third-order valence-electron chi connectivity index (χ3n) is 3.31. The van der Waals surface area contributed by atoms with E-state index in [2.05, 4.69) is 36.3 Å². The lowest BCUT2D eigenvalue weighted by Gasteiger charge is -2.12. The fourth-order valence-electron chi connectivity index (χ4n) is 2.25. The second kappa shape index (κ2) is 5.89. The summed E-state index contributed by atoms with van der Waals surface area (Å²) in [4.78, 5) is 0. The van der Waals surface area contributed by atoms with Crippen LogP contribution in [-0.2, 0) is 4.74 Å². The molecule has 2 heterocycles. The Kier molecular flexibility index (Phi) is 4.48. The fraction of sp³-hybridized carbons (Fsp3) is 0.833. The summed E-state index contributed by atoms with van der Waals surface area (Å²) in [5, 5.41) is 14.4. The van der Waals surface area contributed by atoms with Crippen molar-refractivity contribution in [2.75, 3.05) is 13.2 Å². The number of hydrogen-bond acceptors (Lipinski definition) is 5. The molecule has 2 rings (SSSR count). The predicted molar refractivity (Wildman–Crippen MR) is 69.4 cm³/mol. The highest BCUT2D eigenvalue weighted by Crippen LogP contribution is 2.34. The Morgan fingerprint density at radius 2 is 2.29 bits per heavy atom. The molecule has 1 aromatic rings. The van der Waals surface area contributed by atoms with Crippen LogP contribution in [0.25, 0.3) is 0 Å². The fourth-order valence-corrected chi connectivity index (χ4v) is 3.48. The second-order valence-corrected chi connectivity index (χ2v) is 5.51. The van der Waals surface area contributed by atoms with Crippen LogP contribution in [0.2, 0.25) is 0 Å². The van der Waals surface area contributed by atoms with Gasteiger partial charge in [-0.05, 0) is 26.3 Å². The quantitative estimate of drug-likeness (QED) is 0.878. The summed E-state index contributed by atoms with van der Waals surface area (Å²) in [6, 6.07) is 0.351. The molecule has 1 aromatic heterocycles. The lowest BCUT2D eigenvalue weighted by Crippen LogP contribution is -2.19. The van der Waals surface area contributed by atoms with Crippen molar-refractivity contribution >= 4 is 11.3 Å². The molecule has 17 heavy (non-hydrogen) atoms. The first kappa shape index (κ1) is 12.9. The average molecular weight is 255 g/mol. The number of ether oxygens (including phenoxy) is 1. The molecule has 4 nitrogen and oxygen atoms in total. The molecule has 3 unspecified atom stereocenters. The van der Waals surface area contributed by atoms with Gasteiger partial charge in [0.25, 0.3) is 0 Å². The Balaban J connectivity index is 2.09. The number of nitrogens with one attached hydrogen (secondary N) is 1. The molecular weight excluding hydrogens is 234 g/mol. The summed E-state index contributed by atoms with van der Waals surface area (Å²) >= 11 is 1.74. The average Bonchev–Trinajstić information content (AvgIpc) is 2.94. The van der Waals surface area contributed by atoms with Gasteiger partial charge in [0.15, 0.2) is 0 Å². The van der Waals surface area contributed by atoms with Gasteiger partial charge < -0.3 is 10.1 Å². The van der Waals surface area contributed by atoms with Crippen LogP contribution in [-0.4, -0.2) is 29.5 Å². The first-order valence-electron chi connectivity index (χ1n) is 6.44. The summed E-state index contributed by atoms with van der Waals surface area (Å²) in [5.41, 5.74) is 0. The van der Waals surface area contributed by atoms with E-state index in [4.69, 9.17) is 4.74 Å². The summed E-state index contributed by atoms with van der Waals surface area (Å²) in [5.74, 6) is 0.445. The van der Waals surface area contributed by atoms with Gasteiger partial charge in [-0.15, -0.1) is 10.2 Å². The van der Waals surface area contributed by atoms with Gasteiger partial charge in [0.05, 0.1) is 12.1 Å². The molecule has 1 fully saturated rings. The van der Waals surface area contributed by atoms with Gasteiger partial charge in [-0.1, -0.05) is 25.2 Å². The molecule has 1 aliphatic rings. The molecule has 3 atom stereocenters. The maximum Gasteiger partial charge on any atom is 0.134 e. The summed E-state index contributed by atoms with van der Waals surface area (Å²) < 4.78 is 5.59. The highest BCUT2D eigenvalue weighted by Gasteiger charge is 2.29. The largest absolute Gasteiger partial charge is 0.378 e. The molecule has 1 aliphatic heterocycles. The zero-order chi connectivity index (χ0) is 12.3. The first-order valence-corrected chi connectivity index (χ1v) is 7.26. The molecule has 0 aromatic carbocycles. The number of nitrogens with zero attached hydrogens (tertiary/aromatic N) is 2. The normalized spacial score (nSPS) is 26.3. The van der Waals surface area contributed by atoms with Crippen LogP contribution in [0.3, 0.4) is 0 Å². The molecule has 96 valence electrons. The van der Waals surface area contributed by atoms with Crippen LogP contribution in [0, 0.1) is 0 Å². The van der Waals surface area contributed by atoms with E-state index in [9.17, 15) is 0 Å². The first-order chi connectivity index (χ1) is 8.26. The lowest BCUT2D eigenvalue weighted by atomic mass is 10.0. The van der Waals surface area contributed by atoms with Crippen molar-refractivity contribution < 1.29 is 4.74 Å². The standard InChI is InChI=1S/C12H21N3OS/c1-4-10(13-5-2)12-15-14-11(17-12)9-6-7-16-8(9)3/h8-10,13H,4-7H2,1-3H3. The Morgan fingerprint density at radius 3 is 2.88 bits per heavy atom. The Morgan fingerprint density at radius 1 is 1.47 bits per heavy atom. The van der Waals surface area contributed by atoms with Gasteiger partial charge in [-0.25, -0.2) is 0 Å². The predicted octanol–water partition coefficient (Wildman–Crippen LogP) is 2.49. The van der Waals surface area contributed by atoms with Crippen molar-refractivity contribution in [1.82, 2.24) is 15.5 Å². The van der Waals surface area contributed by atoms with Crippen molar-refractivity contribution in [3.8, 4) is 0 Å². The SMILES string of the molecule is CCNC(CC)c1nnc(C2CCOC2C)s1. The van der Waals surface area contributed by atoms with Crippen LogP contribution in [0.15, 0.2) is 0 Å². The van der Waals surface area contributed by atoms with Gasteiger partial charge in [0.1, 0.15) is 10.0 Å². The summed E-state index contributed by atoms with van der Waals surface area (Å²) in [6.45, 7) is 8.25. The molecule has 0 spiro atoms. The monoisotopic (exact) mass is 255 g/mol. The zero-order valence-corrected chi connectivity index (χ0v) is 11.6. The Hall–Kier alpha value is -0.520. The summed E-state index contributed by atoms with van der Waals surface area (Å²) in [7, 11) is 0. The van der Waals surface area contributed by atoms with Gasteiger partial charge >= 0.3 is 0 Å². The van der Waals surface area contributed by atoms with Crippen molar-refractivity contribution in [2.45, 2.75) is 51.7 Å². The van der Waals surface area contributed by atoms with Crippen LogP contribution >= 0.6 is 11.3 Å². The third kappa shape index (κ3) is 2.84. The van der Waals surface area contributed by atoms with Crippen LogP contribution in [0.4, 0.5) is 0 Å². The maximum absolute atomic E-state index is 5.59. The molecule has 5 heteroatoms. The Labute approximate surface area is 107 Å². The molecule has 0 radical (unpaired) electrons. The molecule has 1 N–H and O–H groups in total. The number of rotatable bonds is 5. The van der Waals surface area contributed by atoms with Crippen molar-refractivity contribution in [1.29, 1.82) is 0 Å². The van der Waals surface area contributed by atoms with E-state index in [1.165, 1.54) is 0 Å². The third-order valence-corrected chi connectivity index (χ3v) is 4.48. The molecule has 0 bridgehead atoms. The minimum Gasteiger partial charge on any atom is -0.378 e.